The van der Waals surface area contributed by atoms with Gasteiger partial charge in [0.15, 0.2) is 5.78 Å². The van der Waals surface area contributed by atoms with Gasteiger partial charge < -0.3 is 20.8 Å². The van der Waals surface area contributed by atoms with Crippen LogP contribution in [0.2, 0.25) is 0 Å². The van der Waals surface area contributed by atoms with E-state index in [0.717, 1.165) is 19.0 Å². The number of carboxylic acids is 1. The number of carbonyl (C=O) groups excluding carboxylic acids is 2. The summed E-state index contributed by atoms with van der Waals surface area (Å²) in [4.78, 5) is 33.1. The molecule has 0 radical (unpaired) electrons. The number of amides is 1. The van der Waals surface area contributed by atoms with E-state index in [1.165, 1.54) is 0 Å². The molecule has 24 heavy (non-hydrogen) atoms. The van der Waals surface area contributed by atoms with Crippen LogP contribution in [0.1, 0.15) is 46.0 Å². The molecule has 0 bridgehead atoms. The number of hydrogen-bond acceptors (Lipinski definition) is 5. The smallest absolute Gasteiger partial charge is 0.300 e. The van der Waals surface area contributed by atoms with Crippen LogP contribution in [0, 0.1) is 0 Å². The number of benzene rings is 1. The van der Waals surface area contributed by atoms with Crippen LogP contribution < -0.4 is 10.6 Å². The number of carboxylic acid groups (broad SMARTS) is 1. The molecule has 1 amide bonds. The summed E-state index contributed by atoms with van der Waals surface area (Å²) in [5.74, 6) is -0.918. The molecule has 130 valence electrons. The van der Waals surface area contributed by atoms with Crippen molar-refractivity contribution in [2.45, 2.75) is 38.3 Å². The van der Waals surface area contributed by atoms with Crippen LogP contribution in [0.5, 0.6) is 0 Å². The highest BCUT2D eigenvalue weighted by Gasteiger charge is 2.28. The van der Waals surface area contributed by atoms with E-state index in [1.54, 1.807) is 18.2 Å². The molecule has 1 aromatic rings. The molecule has 3 rings (SSSR count). The number of rotatable bonds is 2. The van der Waals surface area contributed by atoms with Gasteiger partial charge in [0, 0.05) is 31.0 Å². The van der Waals surface area contributed by atoms with E-state index in [-0.39, 0.29) is 17.7 Å². The number of piperidine rings is 1. The van der Waals surface area contributed by atoms with Gasteiger partial charge in [-0.15, -0.1) is 0 Å². The van der Waals surface area contributed by atoms with E-state index < -0.39 is 12.1 Å². The normalized spacial score (nSPS) is 22.2. The van der Waals surface area contributed by atoms with Crippen LogP contribution in [-0.2, 0) is 11.2 Å². The minimum absolute atomic E-state index is 0.108. The highest BCUT2D eigenvalue weighted by molar-refractivity contribution is 6.05. The van der Waals surface area contributed by atoms with Crippen LogP contribution in [0.25, 0.3) is 0 Å². The van der Waals surface area contributed by atoms with Gasteiger partial charge in [0.1, 0.15) is 0 Å². The highest BCUT2D eigenvalue weighted by atomic mass is 16.4. The average molecular weight is 334 g/mol. The minimum Gasteiger partial charge on any atom is -0.481 e. The lowest BCUT2D eigenvalue weighted by atomic mass is 10.00. The Hall–Kier alpha value is -2.25. The summed E-state index contributed by atoms with van der Waals surface area (Å²) < 4.78 is 0. The van der Waals surface area contributed by atoms with Gasteiger partial charge in [0.2, 0.25) is 0 Å². The molecule has 1 heterocycles. The maximum atomic E-state index is 12.4. The number of nitrogens with one attached hydrogen (secondary N) is 2. The van der Waals surface area contributed by atoms with Gasteiger partial charge in [0.05, 0.1) is 12.1 Å². The van der Waals surface area contributed by atoms with Gasteiger partial charge in [-0.05, 0) is 31.0 Å². The van der Waals surface area contributed by atoms with E-state index in [0.29, 0.717) is 36.9 Å². The average Bonchev–Trinajstić information content (AvgIpc) is 2.90. The van der Waals surface area contributed by atoms with Crippen molar-refractivity contribution in [1.82, 2.24) is 10.6 Å². The van der Waals surface area contributed by atoms with E-state index in [1.807, 2.05) is 0 Å². The predicted molar refractivity (Wildman–Crippen MR) is 87.2 cm³/mol. The number of Topliss-reactive ketones (excluding diaryl/α,β-unsaturated/α-hetero) is 1. The number of ketones is 1. The summed E-state index contributed by atoms with van der Waals surface area (Å²) in [6, 6.07) is 5.05. The summed E-state index contributed by atoms with van der Waals surface area (Å²) in [5.41, 5.74) is 2.08. The molecule has 2 atom stereocenters. The Morgan fingerprint density at radius 1 is 1.29 bits per heavy atom. The van der Waals surface area contributed by atoms with Crippen molar-refractivity contribution in [2.24, 2.45) is 0 Å². The molecule has 7 heteroatoms. The second-order valence-corrected chi connectivity index (χ2v) is 5.91. The fourth-order valence-corrected chi connectivity index (χ4v) is 2.96. The van der Waals surface area contributed by atoms with E-state index >= 15 is 0 Å². The molecular weight excluding hydrogens is 312 g/mol. The van der Waals surface area contributed by atoms with Crippen LogP contribution in [0.15, 0.2) is 18.2 Å². The quantitative estimate of drug-likeness (QED) is 0.621. The van der Waals surface area contributed by atoms with Crippen molar-refractivity contribution in [2.75, 3.05) is 13.1 Å². The van der Waals surface area contributed by atoms with Crippen molar-refractivity contribution < 1.29 is 24.6 Å². The second kappa shape index (κ2) is 8.03. The zero-order chi connectivity index (χ0) is 17.7. The number of fused-ring (bicyclic) bond motifs is 1. The number of aliphatic hydroxyl groups excluding tert-OH is 1. The molecular formula is C17H22N2O5. The maximum absolute atomic E-state index is 12.4. The molecule has 1 aliphatic heterocycles. The van der Waals surface area contributed by atoms with Crippen molar-refractivity contribution in [3.63, 3.8) is 0 Å². The molecule has 2 aliphatic rings. The summed E-state index contributed by atoms with van der Waals surface area (Å²) in [7, 11) is 0. The monoisotopic (exact) mass is 334 g/mol. The molecule has 1 fully saturated rings. The first-order chi connectivity index (χ1) is 11.4. The fraction of sp³-hybridized carbons (Fsp3) is 0.471. The van der Waals surface area contributed by atoms with Crippen LogP contribution in [0.4, 0.5) is 0 Å². The van der Waals surface area contributed by atoms with Crippen molar-refractivity contribution in [3.05, 3.63) is 34.9 Å². The zero-order valence-corrected chi connectivity index (χ0v) is 13.5. The number of carbonyl (C=O) groups is 3. The van der Waals surface area contributed by atoms with Crippen molar-refractivity contribution in [3.8, 4) is 0 Å². The molecule has 1 aliphatic carbocycles. The Bertz CT molecular complexity index is 640. The number of aliphatic hydroxyl groups is 1. The van der Waals surface area contributed by atoms with E-state index in [4.69, 9.17) is 9.90 Å². The summed E-state index contributed by atoms with van der Waals surface area (Å²) in [6.45, 7) is 2.36. The van der Waals surface area contributed by atoms with Crippen molar-refractivity contribution >= 4 is 17.7 Å². The first kappa shape index (κ1) is 18.1. The summed E-state index contributed by atoms with van der Waals surface area (Å²) >= 11 is 0. The topological polar surface area (TPSA) is 116 Å². The largest absolute Gasteiger partial charge is 0.481 e. The Balaban J connectivity index is 0.000000471. The van der Waals surface area contributed by atoms with E-state index in [2.05, 4.69) is 10.6 Å². The van der Waals surface area contributed by atoms with Gasteiger partial charge in [0.25, 0.3) is 11.9 Å². The molecule has 0 spiro atoms. The molecule has 1 aromatic carbocycles. The SMILES string of the molecule is CC(=O)O.O=C1CCc2c1cccc2C(=O)N[C@@H]1CCNC[C@H]1O. The van der Waals surface area contributed by atoms with Crippen LogP contribution in [-0.4, -0.2) is 53.1 Å². The van der Waals surface area contributed by atoms with E-state index in [9.17, 15) is 14.7 Å². The van der Waals surface area contributed by atoms with Gasteiger partial charge in [-0.25, -0.2) is 0 Å². The lowest BCUT2D eigenvalue weighted by Crippen LogP contribution is -2.52. The first-order valence-corrected chi connectivity index (χ1v) is 7.94. The summed E-state index contributed by atoms with van der Waals surface area (Å²) in [6.07, 6.45) is 1.26. The molecule has 0 unspecified atom stereocenters. The molecule has 4 N–H and O–H groups in total. The Labute approximate surface area is 140 Å². The highest BCUT2D eigenvalue weighted by Crippen LogP contribution is 2.25. The van der Waals surface area contributed by atoms with Crippen molar-refractivity contribution in [1.29, 1.82) is 0 Å². The second-order valence-electron chi connectivity index (χ2n) is 5.91. The lowest BCUT2D eigenvalue weighted by Gasteiger charge is -2.29. The Kier molecular flexibility index (Phi) is 6.05. The zero-order valence-electron chi connectivity index (χ0n) is 13.5. The standard InChI is InChI=1S/C15H18N2O3.C2H4O2/c18-13-5-4-9-10(13)2-1-3-11(9)15(20)17-12-6-7-16-8-14(12)19;1-2(3)4/h1-3,12,14,16,19H,4-8H2,(H,17,20);1H3,(H,3,4)/t12-,14-;/m1./s1. The van der Waals surface area contributed by atoms with Gasteiger partial charge in [-0.2, -0.15) is 0 Å². The predicted octanol–water partition coefficient (Wildman–Crippen LogP) is 0.359. The van der Waals surface area contributed by atoms with Gasteiger partial charge >= 0.3 is 0 Å². The Morgan fingerprint density at radius 3 is 2.67 bits per heavy atom. The summed E-state index contributed by atoms with van der Waals surface area (Å²) in [5, 5.41) is 23.3. The minimum atomic E-state index is -0.833. The number of β-amino-alcohol motifs (C(OH)–C–C–N with tert-alkyl or cyclic N) is 1. The molecule has 0 saturated carbocycles. The first-order valence-electron chi connectivity index (χ1n) is 7.94. The van der Waals surface area contributed by atoms with Gasteiger partial charge in [-0.3, -0.25) is 14.4 Å². The third-order valence-electron chi connectivity index (χ3n) is 4.09. The van der Waals surface area contributed by atoms with Crippen LogP contribution >= 0.6 is 0 Å². The maximum Gasteiger partial charge on any atom is 0.300 e. The molecule has 7 nitrogen and oxygen atoms in total. The number of hydrogen-bond donors (Lipinski definition) is 4. The third-order valence-corrected chi connectivity index (χ3v) is 4.09. The van der Waals surface area contributed by atoms with Crippen LogP contribution in [0.3, 0.4) is 0 Å². The molecule has 0 aromatic heterocycles. The fourth-order valence-electron chi connectivity index (χ4n) is 2.96. The number of aliphatic carboxylic acids is 1. The molecule has 1 saturated heterocycles. The lowest BCUT2D eigenvalue weighted by molar-refractivity contribution is -0.134. The third kappa shape index (κ3) is 4.39. The van der Waals surface area contributed by atoms with Gasteiger partial charge in [-0.1, -0.05) is 12.1 Å². The Morgan fingerprint density at radius 2 is 2.00 bits per heavy atom.